The average Bonchev–Trinajstić information content (AvgIpc) is 3.37. The highest BCUT2D eigenvalue weighted by Crippen LogP contribution is 2.38. The van der Waals surface area contributed by atoms with E-state index < -0.39 is 0 Å². The van der Waals surface area contributed by atoms with Crippen LogP contribution < -0.4 is 0 Å². The third kappa shape index (κ3) is 2.83. The van der Waals surface area contributed by atoms with Crippen molar-refractivity contribution in [2.45, 2.75) is 0 Å². The fourth-order valence-corrected chi connectivity index (χ4v) is 4.12. The molecule has 0 fully saturated rings. The monoisotopic (exact) mass is 387 g/mol. The van der Waals surface area contributed by atoms with Crippen molar-refractivity contribution in [3.63, 3.8) is 0 Å². The molecule has 5 rings (SSSR count). The Morgan fingerprint density at radius 3 is 2.41 bits per heavy atom. The van der Waals surface area contributed by atoms with Crippen LogP contribution in [0.3, 0.4) is 0 Å². The number of aromatic nitrogens is 3. The van der Waals surface area contributed by atoms with E-state index in [2.05, 4.69) is 28.6 Å². The minimum Gasteiger partial charge on any atom is -0.236 e. The van der Waals surface area contributed by atoms with Crippen molar-refractivity contribution in [1.29, 1.82) is 0 Å². The SMILES string of the molecule is Clc1ccc(-c2nn(-c3ccccc3)c3nccc(-c4cccs4)c23)cc1. The molecule has 0 aliphatic carbocycles. The summed E-state index contributed by atoms with van der Waals surface area (Å²) in [6.07, 6.45) is 1.85. The van der Waals surface area contributed by atoms with Gasteiger partial charge >= 0.3 is 0 Å². The molecule has 0 atom stereocenters. The summed E-state index contributed by atoms with van der Waals surface area (Å²) >= 11 is 7.81. The van der Waals surface area contributed by atoms with E-state index >= 15 is 0 Å². The predicted molar refractivity (Wildman–Crippen MR) is 113 cm³/mol. The van der Waals surface area contributed by atoms with E-state index in [1.807, 2.05) is 65.5 Å². The second-order valence-corrected chi connectivity index (χ2v) is 7.52. The van der Waals surface area contributed by atoms with Crippen LogP contribution in [0.2, 0.25) is 5.02 Å². The fourth-order valence-electron chi connectivity index (χ4n) is 3.24. The topological polar surface area (TPSA) is 30.7 Å². The van der Waals surface area contributed by atoms with E-state index in [1.54, 1.807) is 11.3 Å². The van der Waals surface area contributed by atoms with Gasteiger partial charge in [0.2, 0.25) is 0 Å². The number of nitrogens with zero attached hydrogens (tertiary/aromatic N) is 3. The van der Waals surface area contributed by atoms with E-state index in [0.717, 1.165) is 33.5 Å². The third-order valence-electron chi connectivity index (χ3n) is 4.47. The summed E-state index contributed by atoms with van der Waals surface area (Å²) in [5, 5.41) is 8.79. The van der Waals surface area contributed by atoms with Gasteiger partial charge in [-0.2, -0.15) is 5.10 Å². The molecule has 0 spiro atoms. The molecule has 0 amide bonds. The number of fused-ring (bicyclic) bond motifs is 1. The van der Waals surface area contributed by atoms with Gasteiger partial charge in [0.15, 0.2) is 5.65 Å². The first-order chi connectivity index (χ1) is 13.3. The van der Waals surface area contributed by atoms with Crippen LogP contribution in [0.25, 0.3) is 38.4 Å². The molecule has 2 aromatic carbocycles. The van der Waals surface area contributed by atoms with Gasteiger partial charge in [-0.3, -0.25) is 0 Å². The molecule has 3 nitrogen and oxygen atoms in total. The fraction of sp³-hybridized carbons (Fsp3) is 0. The minimum absolute atomic E-state index is 0.710. The third-order valence-corrected chi connectivity index (χ3v) is 5.63. The lowest BCUT2D eigenvalue weighted by Crippen LogP contribution is -1.97. The molecule has 27 heavy (non-hydrogen) atoms. The summed E-state index contributed by atoms with van der Waals surface area (Å²) in [6, 6.07) is 24.1. The summed E-state index contributed by atoms with van der Waals surface area (Å²) in [5.74, 6) is 0. The molecule has 0 aliphatic heterocycles. The maximum Gasteiger partial charge on any atom is 0.164 e. The molecular formula is C22H14ClN3S. The normalized spacial score (nSPS) is 11.1. The van der Waals surface area contributed by atoms with Gasteiger partial charge in [-0.1, -0.05) is 48.0 Å². The van der Waals surface area contributed by atoms with Crippen LogP contribution in [0.4, 0.5) is 0 Å². The zero-order chi connectivity index (χ0) is 18.2. The molecule has 3 aromatic heterocycles. The highest BCUT2D eigenvalue weighted by atomic mass is 35.5. The summed E-state index contributed by atoms with van der Waals surface area (Å²) in [7, 11) is 0. The van der Waals surface area contributed by atoms with Gasteiger partial charge in [-0.15, -0.1) is 11.3 Å². The number of para-hydroxylation sites is 1. The maximum absolute atomic E-state index is 6.09. The molecule has 3 heterocycles. The van der Waals surface area contributed by atoms with Crippen molar-refractivity contribution in [1.82, 2.24) is 14.8 Å². The molecule has 0 saturated heterocycles. The molecule has 0 aliphatic rings. The van der Waals surface area contributed by atoms with Gasteiger partial charge in [-0.25, -0.2) is 9.67 Å². The smallest absolute Gasteiger partial charge is 0.164 e. The summed E-state index contributed by atoms with van der Waals surface area (Å²) in [4.78, 5) is 5.87. The Kier molecular flexibility index (Phi) is 4.00. The van der Waals surface area contributed by atoms with E-state index in [1.165, 1.54) is 4.88 Å². The number of rotatable bonds is 3. The van der Waals surface area contributed by atoms with Crippen LogP contribution in [0.15, 0.2) is 84.4 Å². The number of pyridine rings is 1. The van der Waals surface area contributed by atoms with Crippen molar-refractivity contribution in [3.05, 3.63) is 89.4 Å². The van der Waals surface area contributed by atoms with E-state index in [0.29, 0.717) is 5.02 Å². The molecular weight excluding hydrogens is 374 g/mol. The highest BCUT2D eigenvalue weighted by Gasteiger charge is 2.19. The van der Waals surface area contributed by atoms with Crippen molar-refractivity contribution >= 4 is 34.0 Å². The summed E-state index contributed by atoms with van der Waals surface area (Å²) in [5.41, 5.74) is 4.89. The first-order valence-corrected chi connectivity index (χ1v) is 9.80. The van der Waals surface area contributed by atoms with Crippen molar-refractivity contribution in [2.75, 3.05) is 0 Å². The Morgan fingerprint density at radius 2 is 1.67 bits per heavy atom. The number of halogens is 1. The standard InChI is InChI=1S/C22H14ClN3S/c23-16-10-8-15(9-11-16)21-20-18(19-7-4-14-27-19)12-13-24-22(20)26(25-21)17-5-2-1-3-6-17/h1-14H. The first-order valence-electron chi connectivity index (χ1n) is 8.54. The zero-order valence-corrected chi connectivity index (χ0v) is 15.8. The number of hydrogen-bond acceptors (Lipinski definition) is 3. The van der Waals surface area contributed by atoms with Crippen molar-refractivity contribution in [3.8, 4) is 27.4 Å². The Labute approximate surface area is 165 Å². The molecule has 0 radical (unpaired) electrons. The Balaban J connectivity index is 1.86. The number of thiophene rings is 1. The zero-order valence-electron chi connectivity index (χ0n) is 14.2. The van der Waals surface area contributed by atoms with Gasteiger partial charge < -0.3 is 0 Å². The average molecular weight is 388 g/mol. The Hall–Kier alpha value is -2.95. The van der Waals surface area contributed by atoms with Crippen LogP contribution in [0.1, 0.15) is 0 Å². The Morgan fingerprint density at radius 1 is 0.852 bits per heavy atom. The second-order valence-electron chi connectivity index (χ2n) is 6.14. The van der Waals surface area contributed by atoms with E-state index in [9.17, 15) is 0 Å². The van der Waals surface area contributed by atoms with Crippen LogP contribution in [0.5, 0.6) is 0 Å². The quantitative estimate of drug-likeness (QED) is 0.355. The largest absolute Gasteiger partial charge is 0.236 e. The van der Waals surface area contributed by atoms with Gasteiger partial charge in [0.1, 0.15) is 5.69 Å². The lowest BCUT2D eigenvalue weighted by molar-refractivity contribution is 0.901. The van der Waals surface area contributed by atoms with Crippen molar-refractivity contribution in [2.24, 2.45) is 0 Å². The predicted octanol–water partition coefficient (Wildman–Crippen LogP) is 6.47. The molecule has 0 N–H and O–H groups in total. The minimum atomic E-state index is 0.710. The van der Waals surface area contributed by atoms with Crippen LogP contribution in [-0.2, 0) is 0 Å². The molecule has 0 bridgehead atoms. The van der Waals surface area contributed by atoms with Crippen LogP contribution in [-0.4, -0.2) is 14.8 Å². The lowest BCUT2D eigenvalue weighted by Gasteiger charge is -2.04. The summed E-state index contributed by atoms with van der Waals surface area (Å²) in [6.45, 7) is 0. The van der Waals surface area contributed by atoms with E-state index in [-0.39, 0.29) is 0 Å². The number of hydrogen-bond donors (Lipinski definition) is 0. The molecule has 5 heteroatoms. The first kappa shape index (κ1) is 16.2. The molecule has 130 valence electrons. The van der Waals surface area contributed by atoms with Gasteiger partial charge in [0.25, 0.3) is 0 Å². The highest BCUT2D eigenvalue weighted by molar-refractivity contribution is 7.13. The van der Waals surface area contributed by atoms with E-state index in [4.69, 9.17) is 16.7 Å². The van der Waals surface area contributed by atoms with Crippen LogP contribution in [0, 0.1) is 0 Å². The van der Waals surface area contributed by atoms with Gasteiger partial charge in [0, 0.05) is 27.2 Å². The van der Waals surface area contributed by atoms with Gasteiger partial charge in [-0.05, 0) is 41.8 Å². The molecule has 0 saturated carbocycles. The second kappa shape index (κ2) is 6.65. The van der Waals surface area contributed by atoms with Crippen molar-refractivity contribution < 1.29 is 0 Å². The maximum atomic E-state index is 6.09. The lowest BCUT2D eigenvalue weighted by atomic mass is 10.0. The molecule has 5 aromatic rings. The Bertz CT molecular complexity index is 1210. The molecule has 0 unspecified atom stereocenters. The number of benzene rings is 2. The summed E-state index contributed by atoms with van der Waals surface area (Å²) < 4.78 is 1.91. The van der Waals surface area contributed by atoms with Gasteiger partial charge in [0.05, 0.1) is 11.1 Å². The van der Waals surface area contributed by atoms with Crippen LogP contribution >= 0.6 is 22.9 Å².